The third-order valence-corrected chi connectivity index (χ3v) is 5.85. The van der Waals surface area contributed by atoms with Gasteiger partial charge in [0.2, 0.25) is 0 Å². The number of Topliss-reactive ketones (excluding diaryl/α,β-unsaturated/α-hetero) is 1. The minimum Gasteiger partial charge on any atom is -0.363 e. The van der Waals surface area contributed by atoms with E-state index in [0.29, 0.717) is 34.5 Å². The monoisotopic (exact) mass is 423 g/mol. The molecule has 0 radical (unpaired) electrons. The van der Waals surface area contributed by atoms with E-state index < -0.39 is 5.72 Å². The van der Waals surface area contributed by atoms with Crippen molar-refractivity contribution in [1.29, 1.82) is 0 Å². The molecule has 0 amide bonds. The molecule has 4 rings (SSSR count). The summed E-state index contributed by atoms with van der Waals surface area (Å²) in [6.07, 6.45) is 1.41. The first-order valence-electron chi connectivity index (χ1n) is 10.6. The molecular weight excluding hydrogens is 398 g/mol. The number of hydrogen-bond donors (Lipinski definition) is 1. The Morgan fingerprint density at radius 2 is 1.41 bits per heavy atom. The van der Waals surface area contributed by atoms with Crippen LogP contribution in [0.25, 0.3) is 0 Å². The summed E-state index contributed by atoms with van der Waals surface area (Å²) in [6, 6.07) is 27.8. The minimum atomic E-state index is -1.66. The Morgan fingerprint density at radius 3 is 1.97 bits per heavy atom. The molecule has 0 saturated heterocycles. The number of carbonyl (C=O) groups excluding carboxylic acids is 2. The number of nitrogens with zero attached hydrogens (tertiary/aromatic N) is 1. The second-order valence-electron chi connectivity index (χ2n) is 7.91. The van der Waals surface area contributed by atoms with Crippen LogP contribution in [0.15, 0.2) is 114 Å². The molecule has 32 heavy (non-hydrogen) atoms. The van der Waals surface area contributed by atoms with Gasteiger partial charge in [-0.3, -0.25) is 9.59 Å². The van der Waals surface area contributed by atoms with Gasteiger partial charge in [0.05, 0.1) is 0 Å². The summed E-state index contributed by atoms with van der Waals surface area (Å²) in [6.45, 7) is 3.67. The van der Waals surface area contributed by atoms with Gasteiger partial charge in [-0.25, -0.2) is 0 Å². The molecule has 0 bridgehead atoms. The molecule has 1 N–H and O–H groups in total. The molecule has 1 aliphatic heterocycles. The van der Waals surface area contributed by atoms with Gasteiger partial charge in [0.15, 0.2) is 17.3 Å². The van der Waals surface area contributed by atoms with E-state index >= 15 is 0 Å². The number of benzene rings is 3. The van der Waals surface area contributed by atoms with Crippen LogP contribution < -0.4 is 0 Å². The van der Waals surface area contributed by atoms with Gasteiger partial charge in [-0.05, 0) is 25.5 Å². The summed E-state index contributed by atoms with van der Waals surface area (Å²) in [5.41, 5.74) is 1.73. The molecule has 0 aromatic heterocycles. The summed E-state index contributed by atoms with van der Waals surface area (Å²) in [5, 5.41) is 12.2. The van der Waals surface area contributed by atoms with Crippen molar-refractivity contribution in [1.82, 2.24) is 4.90 Å². The second kappa shape index (κ2) is 8.77. The molecule has 0 aliphatic carbocycles. The predicted molar refractivity (Wildman–Crippen MR) is 125 cm³/mol. The first-order chi connectivity index (χ1) is 15.4. The van der Waals surface area contributed by atoms with Gasteiger partial charge < -0.3 is 10.0 Å². The summed E-state index contributed by atoms with van der Waals surface area (Å²) in [5.74, 6) is -0.456. The van der Waals surface area contributed by atoms with Crippen LogP contribution in [0.2, 0.25) is 0 Å². The Hall–Kier alpha value is -3.76. The molecule has 1 aliphatic rings. The standard InChI is InChI=1S/C28H25NO3/c1-20-27(21(2)30)25(18-26(31)23-14-8-4-9-15-23)28(32,24-16-10-5-11-17-24)29(20)19-22-12-6-3-7-13-22/h3-18,32H,19H2,1-2H3. The van der Waals surface area contributed by atoms with E-state index in [1.165, 1.54) is 13.0 Å². The molecule has 0 saturated carbocycles. The maximum atomic E-state index is 13.1. The Labute approximate surface area is 188 Å². The topological polar surface area (TPSA) is 57.6 Å². The highest BCUT2D eigenvalue weighted by Crippen LogP contribution is 2.48. The van der Waals surface area contributed by atoms with Gasteiger partial charge in [-0.1, -0.05) is 91.0 Å². The van der Waals surface area contributed by atoms with E-state index in [2.05, 4.69) is 0 Å². The maximum absolute atomic E-state index is 13.1. The van der Waals surface area contributed by atoms with Crippen molar-refractivity contribution in [3.05, 3.63) is 131 Å². The number of ketones is 2. The quantitative estimate of drug-likeness (QED) is 0.447. The van der Waals surface area contributed by atoms with Crippen molar-refractivity contribution in [2.75, 3.05) is 0 Å². The Balaban J connectivity index is 1.91. The molecule has 0 fully saturated rings. The zero-order valence-corrected chi connectivity index (χ0v) is 18.2. The van der Waals surface area contributed by atoms with Crippen LogP contribution in [-0.4, -0.2) is 21.6 Å². The molecule has 3 aromatic carbocycles. The number of hydrogen-bond acceptors (Lipinski definition) is 4. The number of aliphatic hydroxyl groups is 1. The number of carbonyl (C=O) groups is 2. The molecule has 1 heterocycles. The molecule has 4 nitrogen and oxygen atoms in total. The zero-order valence-electron chi connectivity index (χ0n) is 18.2. The lowest BCUT2D eigenvalue weighted by Gasteiger charge is -2.38. The highest BCUT2D eigenvalue weighted by Gasteiger charge is 2.49. The smallest absolute Gasteiger partial charge is 0.192 e. The highest BCUT2D eigenvalue weighted by atomic mass is 16.3. The molecule has 4 heteroatoms. The second-order valence-corrected chi connectivity index (χ2v) is 7.91. The van der Waals surface area contributed by atoms with Crippen LogP contribution in [0.1, 0.15) is 35.3 Å². The van der Waals surface area contributed by atoms with Crippen molar-refractivity contribution < 1.29 is 14.7 Å². The van der Waals surface area contributed by atoms with Crippen LogP contribution >= 0.6 is 0 Å². The normalized spacial score (nSPS) is 19.5. The van der Waals surface area contributed by atoms with Crippen LogP contribution in [0.5, 0.6) is 0 Å². The first kappa shape index (κ1) is 21.5. The van der Waals surface area contributed by atoms with Crippen molar-refractivity contribution in [2.45, 2.75) is 26.1 Å². The van der Waals surface area contributed by atoms with Gasteiger partial charge in [0.1, 0.15) is 0 Å². The van der Waals surface area contributed by atoms with Crippen molar-refractivity contribution in [2.24, 2.45) is 0 Å². The largest absolute Gasteiger partial charge is 0.363 e. The van der Waals surface area contributed by atoms with Crippen molar-refractivity contribution in [3.63, 3.8) is 0 Å². The van der Waals surface area contributed by atoms with E-state index in [-0.39, 0.29) is 11.6 Å². The van der Waals surface area contributed by atoms with Crippen molar-refractivity contribution in [3.8, 4) is 0 Å². The van der Waals surface area contributed by atoms with E-state index in [9.17, 15) is 14.7 Å². The van der Waals surface area contributed by atoms with Gasteiger partial charge in [-0.15, -0.1) is 0 Å². The fourth-order valence-corrected chi connectivity index (χ4v) is 4.31. The Morgan fingerprint density at radius 1 is 0.875 bits per heavy atom. The highest BCUT2D eigenvalue weighted by molar-refractivity contribution is 6.08. The Kier molecular flexibility index (Phi) is 5.89. The average molecular weight is 424 g/mol. The molecular formula is C28H25NO3. The van der Waals surface area contributed by atoms with E-state index in [4.69, 9.17) is 0 Å². The lowest BCUT2D eigenvalue weighted by atomic mass is 9.88. The van der Waals surface area contributed by atoms with Gasteiger partial charge in [0.25, 0.3) is 0 Å². The SMILES string of the molecule is CC(=O)C1=C(C)N(Cc2ccccc2)C(O)(c2ccccc2)C1=CC(=O)c1ccccc1. The van der Waals surface area contributed by atoms with Gasteiger partial charge >= 0.3 is 0 Å². The fraction of sp³-hybridized carbons (Fsp3) is 0.143. The lowest BCUT2D eigenvalue weighted by molar-refractivity contribution is -0.113. The minimum absolute atomic E-state index is 0.195. The summed E-state index contributed by atoms with van der Waals surface area (Å²) in [4.78, 5) is 27.7. The van der Waals surface area contributed by atoms with Crippen LogP contribution in [0.4, 0.5) is 0 Å². The van der Waals surface area contributed by atoms with E-state index in [1.807, 2.05) is 73.7 Å². The molecule has 0 spiro atoms. The van der Waals surface area contributed by atoms with Crippen LogP contribution in [0.3, 0.4) is 0 Å². The van der Waals surface area contributed by atoms with Crippen LogP contribution in [0, 0.1) is 0 Å². The summed E-state index contributed by atoms with van der Waals surface area (Å²) >= 11 is 0. The third kappa shape index (κ3) is 3.81. The number of rotatable bonds is 6. The van der Waals surface area contributed by atoms with E-state index in [0.717, 1.165) is 5.56 Å². The van der Waals surface area contributed by atoms with Crippen LogP contribution in [-0.2, 0) is 17.1 Å². The molecule has 1 unspecified atom stereocenters. The molecule has 1 atom stereocenters. The molecule has 160 valence electrons. The predicted octanol–water partition coefficient (Wildman–Crippen LogP) is 5.02. The summed E-state index contributed by atoms with van der Waals surface area (Å²) < 4.78 is 0. The number of allylic oxidation sites excluding steroid dienone is 2. The zero-order chi connectivity index (χ0) is 22.7. The maximum Gasteiger partial charge on any atom is 0.192 e. The summed E-state index contributed by atoms with van der Waals surface area (Å²) in [7, 11) is 0. The van der Waals surface area contributed by atoms with E-state index in [1.54, 1.807) is 29.2 Å². The fourth-order valence-electron chi connectivity index (χ4n) is 4.31. The van der Waals surface area contributed by atoms with Gasteiger partial charge in [-0.2, -0.15) is 0 Å². The molecule has 3 aromatic rings. The third-order valence-electron chi connectivity index (χ3n) is 5.85. The average Bonchev–Trinajstić information content (AvgIpc) is 3.03. The Bertz CT molecular complexity index is 1200. The van der Waals surface area contributed by atoms with Crippen molar-refractivity contribution >= 4 is 11.6 Å². The van der Waals surface area contributed by atoms with Gasteiger partial charge in [0, 0.05) is 34.5 Å². The first-order valence-corrected chi connectivity index (χ1v) is 10.6. The lowest BCUT2D eigenvalue weighted by Crippen LogP contribution is -2.42.